The molecule has 0 aliphatic rings. The Bertz CT molecular complexity index is 690. The summed E-state index contributed by atoms with van der Waals surface area (Å²) in [6.45, 7) is 0. The maximum atomic E-state index is 12.2. The topological polar surface area (TPSA) is 60.4 Å². The van der Waals surface area contributed by atoms with Gasteiger partial charge in [-0.3, -0.25) is 4.79 Å². The molecule has 98 valence electrons. The maximum Gasteiger partial charge on any atom is 0.306 e. The molecule has 0 aliphatic heterocycles. The Hall–Kier alpha value is -2.14. The minimum absolute atomic E-state index is 0.129. The highest BCUT2D eigenvalue weighted by atomic mass is 32.2. The van der Waals surface area contributed by atoms with Crippen LogP contribution in [0.5, 0.6) is 5.75 Å². The molecular weight excluding hydrogens is 264 g/mol. The van der Waals surface area contributed by atoms with Gasteiger partial charge in [-0.05, 0) is 12.1 Å². The van der Waals surface area contributed by atoms with Crippen LogP contribution in [0, 0.1) is 0 Å². The molecule has 0 N–H and O–H groups in total. The van der Waals surface area contributed by atoms with Crippen molar-refractivity contribution in [3.63, 3.8) is 0 Å². The SMILES string of the molecule is CS(=O)(=O)Oc1cccc(C(=O)c2ccccc2)c1. The van der Waals surface area contributed by atoms with Crippen LogP contribution >= 0.6 is 0 Å². The van der Waals surface area contributed by atoms with Gasteiger partial charge in [0.05, 0.1) is 6.26 Å². The summed E-state index contributed by atoms with van der Waals surface area (Å²) < 4.78 is 26.8. The standard InChI is InChI=1S/C14H12O4S/c1-19(16,17)18-13-9-5-8-12(10-13)14(15)11-6-3-2-4-7-11/h2-10H,1H3. The fourth-order valence-electron chi connectivity index (χ4n) is 1.62. The van der Waals surface area contributed by atoms with Gasteiger partial charge in [-0.25, -0.2) is 0 Å². The summed E-state index contributed by atoms with van der Waals surface area (Å²) in [5.41, 5.74) is 0.923. The number of ketones is 1. The minimum Gasteiger partial charge on any atom is -0.383 e. The summed E-state index contributed by atoms with van der Waals surface area (Å²) in [5.74, 6) is -0.0520. The van der Waals surface area contributed by atoms with Crippen LogP contribution in [-0.4, -0.2) is 20.5 Å². The summed E-state index contributed by atoms with van der Waals surface area (Å²) >= 11 is 0. The van der Waals surface area contributed by atoms with E-state index in [1.807, 2.05) is 6.07 Å². The molecule has 0 amide bonds. The van der Waals surface area contributed by atoms with Crippen molar-refractivity contribution in [2.24, 2.45) is 0 Å². The zero-order chi connectivity index (χ0) is 13.9. The Balaban J connectivity index is 2.32. The molecular formula is C14H12O4S. The second-order valence-electron chi connectivity index (χ2n) is 4.01. The predicted molar refractivity (Wildman–Crippen MR) is 71.8 cm³/mol. The van der Waals surface area contributed by atoms with Gasteiger partial charge in [0.25, 0.3) is 0 Å². The maximum absolute atomic E-state index is 12.2. The summed E-state index contributed by atoms with van der Waals surface area (Å²) in [6, 6.07) is 14.9. The highest BCUT2D eigenvalue weighted by Gasteiger charge is 2.11. The van der Waals surface area contributed by atoms with Gasteiger partial charge >= 0.3 is 10.1 Å². The second-order valence-corrected chi connectivity index (χ2v) is 5.59. The first-order valence-electron chi connectivity index (χ1n) is 5.55. The first-order valence-corrected chi connectivity index (χ1v) is 7.37. The van der Waals surface area contributed by atoms with E-state index < -0.39 is 10.1 Å². The van der Waals surface area contributed by atoms with E-state index >= 15 is 0 Å². The van der Waals surface area contributed by atoms with Crippen LogP contribution in [0.3, 0.4) is 0 Å². The summed E-state index contributed by atoms with van der Waals surface area (Å²) in [5, 5.41) is 0. The lowest BCUT2D eigenvalue weighted by atomic mass is 10.0. The fourth-order valence-corrected chi connectivity index (χ4v) is 2.07. The van der Waals surface area contributed by atoms with Crippen LogP contribution in [0.15, 0.2) is 54.6 Å². The van der Waals surface area contributed by atoms with Gasteiger partial charge in [0.2, 0.25) is 0 Å². The third-order valence-corrected chi connectivity index (χ3v) is 2.88. The van der Waals surface area contributed by atoms with E-state index in [1.165, 1.54) is 12.1 Å². The highest BCUT2D eigenvalue weighted by molar-refractivity contribution is 7.86. The third-order valence-electron chi connectivity index (χ3n) is 2.38. The van der Waals surface area contributed by atoms with E-state index in [9.17, 15) is 13.2 Å². The Labute approximate surface area is 111 Å². The molecule has 0 heterocycles. The zero-order valence-electron chi connectivity index (χ0n) is 10.2. The molecule has 0 unspecified atom stereocenters. The Morgan fingerprint density at radius 1 is 0.947 bits per heavy atom. The molecule has 0 bridgehead atoms. The van der Waals surface area contributed by atoms with Gasteiger partial charge in [-0.2, -0.15) is 8.42 Å². The average molecular weight is 276 g/mol. The van der Waals surface area contributed by atoms with Crippen LogP contribution in [0.1, 0.15) is 15.9 Å². The molecule has 0 radical (unpaired) electrons. The van der Waals surface area contributed by atoms with Gasteiger partial charge in [0, 0.05) is 11.1 Å². The van der Waals surface area contributed by atoms with E-state index in [-0.39, 0.29) is 11.5 Å². The van der Waals surface area contributed by atoms with Gasteiger partial charge < -0.3 is 4.18 Å². The molecule has 5 heteroatoms. The fraction of sp³-hybridized carbons (Fsp3) is 0.0714. The molecule has 2 rings (SSSR count). The normalized spacial score (nSPS) is 11.0. The molecule has 4 nitrogen and oxygen atoms in total. The van der Waals surface area contributed by atoms with Crippen LogP contribution in [0.25, 0.3) is 0 Å². The smallest absolute Gasteiger partial charge is 0.306 e. The Morgan fingerprint density at radius 2 is 1.58 bits per heavy atom. The summed E-state index contributed by atoms with van der Waals surface area (Å²) in [6.07, 6.45) is 0.957. The van der Waals surface area contributed by atoms with E-state index in [1.54, 1.807) is 36.4 Å². The van der Waals surface area contributed by atoms with E-state index in [0.717, 1.165) is 6.26 Å². The van der Waals surface area contributed by atoms with Crippen LogP contribution < -0.4 is 4.18 Å². The van der Waals surface area contributed by atoms with Crippen molar-refractivity contribution in [3.8, 4) is 5.75 Å². The molecule has 0 saturated heterocycles. The minimum atomic E-state index is -3.60. The molecule has 0 fully saturated rings. The number of rotatable bonds is 4. The molecule has 19 heavy (non-hydrogen) atoms. The first kappa shape index (κ1) is 13.3. The van der Waals surface area contributed by atoms with Crippen LogP contribution in [-0.2, 0) is 10.1 Å². The predicted octanol–water partition coefficient (Wildman–Crippen LogP) is 2.26. The lowest BCUT2D eigenvalue weighted by Crippen LogP contribution is -2.07. The van der Waals surface area contributed by atoms with Crippen molar-refractivity contribution < 1.29 is 17.4 Å². The molecule has 0 spiro atoms. The molecule has 0 aliphatic carbocycles. The van der Waals surface area contributed by atoms with Crippen molar-refractivity contribution in [2.45, 2.75) is 0 Å². The molecule has 0 atom stereocenters. The van der Waals surface area contributed by atoms with Crippen molar-refractivity contribution in [1.29, 1.82) is 0 Å². The van der Waals surface area contributed by atoms with Crippen molar-refractivity contribution >= 4 is 15.9 Å². The van der Waals surface area contributed by atoms with Gasteiger partial charge in [-0.1, -0.05) is 42.5 Å². The second kappa shape index (κ2) is 5.24. The summed E-state index contributed by atoms with van der Waals surface area (Å²) in [4.78, 5) is 12.2. The number of hydrogen-bond donors (Lipinski definition) is 0. The molecule has 0 aromatic heterocycles. The first-order chi connectivity index (χ1) is 8.96. The van der Waals surface area contributed by atoms with Gasteiger partial charge in [0.1, 0.15) is 5.75 Å². The monoisotopic (exact) mass is 276 g/mol. The Kier molecular flexibility index (Phi) is 3.66. The number of carbonyl (C=O) groups is 1. The lowest BCUT2D eigenvalue weighted by Gasteiger charge is -2.05. The number of carbonyl (C=O) groups excluding carboxylic acids is 1. The van der Waals surface area contributed by atoms with E-state index in [4.69, 9.17) is 4.18 Å². The summed E-state index contributed by atoms with van der Waals surface area (Å²) in [7, 11) is -3.60. The molecule has 2 aromatic rings. The zero-order valence-corrected chi connectivity index (χ0v) is 11.1. The number of hydrogen-bond acceptors (Lipinski definition) is 4. The third kappa shape index (κ3) is 3.66. The van der Waals surface area contributed by atoms with Crippen LogP contribution in [0.2, 0.25) is 0 Å². The van der Waals surface area contributed by atoms with Gasteiger partial charge in [0.15, 0.2) is 5.78 Å². The Morgan fingerprint density at radius 3 is 2.21 bits per heavy atom. The van der Waals surface area contributed by atoms with Crippen molar-refractivity contribution in [3.05, 3.63) is 65.7 Å². The molecule has 0 saturated carbocycles. The van der Waals surface area contributed by atoms with Crippen molar-refractivity contribution in [1.82, 2.24) is 0 Å². The number of benzene rings is 2. The largest absolute Gasteiger partial charge is 0.383 e. The van der Waals surface area contributed by atoms with E-state index in [2.05, 4.69) is 0 Å². The quantitative estimate of drug-likeness (QED) is 0.635. The van der Waals surface area contributed by atoms with Gasteiger partial charge in [-0.15, -0.1) is 0 Å². The van der Waals surface area contributed by atoms with E-state index in [0.29, 0.717) is 11.1 Å². The highest BCUT2D eigenvalue weighted by Crippen LogP contribution is 2.17. The van der Waals surface area contributed by atoms with Crippen molar-refractivity contribution in [2.75, 3.05) is 6.26 Å². The lowest BCUT2D eigenvalue weighted by molar-refractivity contribution is 0.103. The van der Waals surface area contributed by atoms with Crippen LogP contribution in [0.4, 0.5) is 0 Å². The molecule has 2 aromatic carbocycles. The average Bonchev–Trinajstić information content (AvgIpc) is 2.37.